The molecule has 0 bridgehead atoms. The molecule has 0 aliphatic rings. The van der Waals surface area contributed by atoms with Crippen molar-refractivity contribution in [2.45, 2.75) is 33.3 Å². The summed E-state index contributed by atoms with van der Waals surface area (Å²) in [7, 11) is 0. The fraction of sp³-hybridized carbons (Fsp3) is 0.750. The van der Waals surface area contributed by atoms with Gasteiger partial charge in [-0.2, -0.15) is 0 Å². The molecule has 0 aromatic carbocycles. The van der Waals surface area contributed by atoms with Gasteiger partial charge in [-0.3, -0.25) is 10.3 Å². The molecule has 0 spiro atoms. The predicted octanol–water partition coefficient (Wildman–Crippen LogP) is 2.60. The fourth-order valence-corrected chi connectivity index (χ4v) is 0.820. The Morgan fingerprint density at radius 2 is 2.09 bits per heavy atom. The third-order valence-electron chi connectivity index (χ3n) is 0.981. The minimum absolute atomic E-state index is 0.142. The van der Waals surface area contributed by atoms with E-state index >= 15 is 0 Å². The van der Waals surface area contributed by atoms with E-state index in [9.17, 15) is 0 Å². The maximum absolute atomic E-state index is 5.32. The molecular formula is C8H16BrNO. The lowest BCUT2D eigenvalue weighted by Crippen LogP contribution is -2.29. The summed E-state index contributed by atoms with van der Waals surface area (Å²) in [6, 6.07) is 0. The van der Waals surface area contributed by atoms with E-state index < -0.39 is 0 Å². The van der Waals surface area contributed by atoms with Gasteiger partial charge in [-0.25, -0.2) is 0 Å². The lowest BCUT2D eigenvalue weighted by molar-refractivity contribution is -0.0574. The molecule has 0 amide bonds. The smallest absolute Gasteiger partial charge is 0.0876 e. The highest BCUT2D eigenvalue weighted by atomic mass is 79.9. The highest BCUT2D eigenvalue weighted by molar-refractivity contribution is 9.09. The maximum atomic E-state index is 5.32. The van der Waals surface area contributed by atoms with Crippen LogP contribution in [-0.4, -0.2) is 10.9 Å². The molecule has 0 aromatic rings. The van der Waals surface area contributed by atoms with Gasteiger partial charge in [-0.05, 0) is 27.7 Å². The van der Waals surface area contributed by atoms with Crippen LogP contribution in [0.25, 0.3) is 0 Å². The van der Waals surface area contributed by atoms with Gasteiger partial charge in [0.05, 0.1) is 5.60 Å². The van der Waals surface area contributed by atoms with Gasteiger partial charge in [0, 0.05) is 11.0 Å². The largest absolute Gasteiger partial charge is 0.271 e. The Morgan fingerprint density at radius 3 is 2.36 bits per heavy atom. The summed E-state index contributed by atoms with van der Waals surface area (Å²) in [6.07, 6.45) is 1.97. The van der Waals surface area contributed by atoms with Crippen LogP contribution in [0.4, 0.5) is 0 Å². The lowest BCUT2D eigenvalue weighted by Gasteiger charge is -2.20. The molecule has 66 valence electrons. The second kappa shape index (κ2) is 4.78. The first kappa shape index (κ1) is 11.0. The van der Waals surface area contributed by atoms with Gasteiger partial charge in [-0.15, -0.1) is 0 Å². The van der Waals surface area contributed by atoms with Gasteiger partial charge >= 0.3 is 0 Å². The van der Waals surface area contributed by atoms with E-state index in [0.717, 1.165) is 11.0 Å². The van der Waals surface area contributed by atoms with Crippen molar-refractivity contribution in [3.8, 4) is 0 Å². The molecule has 0 saturated heterocycles. The molecule has 0 fully saturated rings. The highest BCUT2D eigenvalue weighted by Crippen LogP contribution is 2.06. The Balaban J connectivity index is 3.70. The zero-order valence-corrected chi connectivity index (χ0v) is 9.16. The number of rotatable bonds is 3. The van der Waals surface area contributed by atoms with Crippen LogP contribution in [0, 0.1) is 0 Å². The second-order valence-corrected chi connectivity index (χ2v) is 3.82. The minimum Gasteiger partial charge on any atom is -0.271 e. The van der Waals surface area contributed by atoms with Crippen LogP contribution in [0.5, 0.6) is 0 Å². The number of hydrogen-bond acceptors (Lipinski definition) is 2. The van der Waals surface area contributed by atoms with Gasteiger partial charge < -0.3 is 0 Å². The average Bonchev–Trinajstić information content (AvgIpc) is 1.88. The molecule has 1 N–H and O–H groups in total. The molecule has 0 heterocycles. The molecule has 0 aliphatic carbocycles. The second-order valence-electron chi connectivity index (χ2n) is 3.26. The van der Waals surface area contributed by atoms with E-state index in [1.165, 1.54) is 0 Å². The zero-order chi connectivity index (χ0) is 8.91. The average molecular weight is 222 g/mol. The van der Waals surface area contributed by atoms with Crippen molar-refractivity contribution in [2.24, 2.45) is 0 Å². The van der Waals surface area contributed by atoms with Gasteiger partial charge in [0.15, 0.2) is 0 Å². The van der Waals surface area contributed by atoms with Gasteiger partial charge in [0.2, 0.25) is 0 Å². The predicted molar refractivity (Wildman–Crippen MR) is 51.5 cm³/mol. The number of hydroxylamine groups is 1. The van der Waals surface area contributed by atoms with Crippen molar-refractivity contribution in [1.29, 1.82) is 0 Å². The first-order chi connectivity index (χ1) is 4.99. The molecule has 0 atom stereocenters. The van der Waals surface area contributed by atoms with E-state index in [0.29, 0.717) is 0 Å². The normalized spacial score (nSPS) is 13.4. The molecule has 2 nitrogen and oxygen atoms in total. The van der Waals surface area contributed by atoms with Gasteiger partial charge in [-0.1, -0.05) is 22.0 Å². The summed E-state index contributed by atoms with van der Waals surface area (Å²) in [5.41, 5.74) is 3.77. The van der Waals surface area contributed by atoms with Crippen molar-refractivity contribution in [1.82, 2.24) is 5.48 Å². The van der Waals surface area contributed by atoms with Crippen LogP contribution < -0.4 is 5.48 Å². The number of alkyl halides is 1. The first-order valence-electron chi connectivity index (χ1n) is 3.65. The molecule has 11 heavy (non-hydrogen) atoms. The van der Waals surface area contributed by atoms with Crippen molar-refractivity contribution < 1.29 is 4.84 Å². The Morgan fingerprint density at radius 1 is 1.55 bits per heavy atom. The summed E-state index contributed by atoms with van der Waals surface area (Å²) in [5, 5.41) is 0.791. The molecule has 0 radical (unpaired) electrons. The Kier molecular flexibility index (Phi) is 4.77. The van der Waals surface area contributed by atoms with Crippen molar-refractivity contribution in [2.75, 3.05) is 5.33 Å². The summed E-state index contributed by atoms with van der Waals surface area (Å²) in [4.78, 5) is 5.32. The van der Waals surface area contributed by atoms with Gasteiger partial charge in [0.1, 0.15) is 0 Å². The Hall–Kier alpha value is -0.0200. The first-order valence-corrected chi connectivity index (χ1v) is 4.77. The van der Waals surface area contributed by atoms with E-state index in [-0.39, 0.29) is 5.60 Å². The van der Waals surface area contributed by atoms with E-state index in [2.05, 4.69) is 21.4 Å². The Labute approximate surface area is 77.1 Å². The molecule has 0 aliphatic heterocycles. The molecule has 0 aromatic heterocycles. The lowest BCUT2D eigenvalue weighted by atomic mass is 10.2. The number of halogens is 1. The van der Waals surface area contributed by atoms with Crippen LogP contribution in [0.3, 0.4) is 0 Å². The number of allylic oxidation sites excluding steroid dienone is 2. The standard InChI is InChI=1S/C8H16BrNO/c1-5-7(6-9)10-11-8(2,3)4/h5,10H,6H2,1-4H3. The van der Waals surface area contributed by atoms with E-state index in [1.54, 1.807) is 0 Å². The van der Waals surface area contributed by atoms with Crippen molar-refractivity contribution in [3.63, 3.8) is 0 Å². The molecule has 0 rings (SSSR count). The quantitative estimate of drug-likeness (QED) is 0.585. The number of hydrogen-bond donors (Lipinski definition) is 1. The maximum Gasteiger partial charge on any atom is 0.0876 e. The van der Waals surface area contributed by atoms with Crippen molar-refractivity contribution in [3.05, 3.63) is 11.8 Å². The third kappa shape index (κ3) is 6.38. The van der Waals surface area contributed by atoms with Crippen LogP contribution >= 0.6 is 15.9 Å². The molecular weight excluding hydrogens is 206 g/mol. The van der Waals surface area contributed by atoms with Crippen molar-refractivity contribution >= 4 is 15.9 Å². The fourth-order valence-electron chi connectivity index (χ4n) is 0.382. The Bertz CT molecular complexity index is 138. The minimum atomic E-state index is -0.142. The monoisotopic (exact) mass is 221 g/mol. The summed E-state index contributed by atoms with van der Waals surface area (Å²) in [6.45, 7) is 7.97. The van der Waals surface area contributed by atoms with Crippen LogP contribution in [-0.2, 0) is 4.84 Å². The highest BCUT2D eigenvalue weighted by Gasteiger charge is 2.10. The SMILES string of the molecule is CC=C(CBr)NOC(C)(C)C. The van der Waals surface area contributed by atoms with Crippen LogP contribution in [0.15, 0.2) is 11.8 Å². The summed E-state index contributed by atoms with van der Waals surface area (Å²) >= 11 is 3.33. The zero-order valence-electron chi connectivity index (χ0n) is 7.57. The topological polar surface area (TPSA) is 21.3 Å². The summed E-state index contributed by atoms with van der Waals surface area (Å²) in [5.74, 6) is 0. The van der Waals surface area contributed by atoms with Crippen LogP contribution in [0.2, 0.25) is 0 Å². The van der Waals surface area contributed by atoms with Crippen LogP contribution in [0.1, 0.15) is 27.7 Å². The molecule has 0 saturated carbocycles. The third-order valence-corrected chi connectivity index (χ3v) is 1.58. The van der Waals surface area contributed by atoms with E-state index in [1.807, 2.05) is 33.8 Å². The van der Waals surface area contributed by atoms with Gasteiger partial charge in [0.25, 0.3) is 0 Å². The molecule has 3 heteroatoms. The van der Waals surface area contributed by atoms with E-state index in [4.69, 9.17) is 4.84 Å². The summed E-state index contributed by atoms with van der Waals surface area (Å²) < 4.78 is 0. The number of nitrogens with one attached hydrogen (secondary N) is 1. The molecule has 0 unspecified atom stereocenters.